The Morgan fingerprint density at radius 1 is 1.40 bits per heavy atom. The summed E-state index contributed by atoms with van der Waals surface area (Å²) >= 11 is 0. The molecule has 0 aromatic carbocycles. The second-order valence-corrected chi connectivity index (χ2v) is 9.40. The summed E-state index contributed by atoms with van der Waals surface area (Å²) in [6.07, 6.45) is -3.89. The van der Waals surface area contributed by atoms with Crippen LogP contribution < -0.4 is 0 Å². The van der Waals surface area contributed by atoms with Gasteiger partial charge in [-0.1, -0.05) is 30.7 Å². The van der Waals surface area contributed by atoms with E-state index >= 15 is 0 Å². The molecule has 2 N–H and O–H groups in total. The van der Waals surface area contributed by atoms with Crippen LogP contribution in [0.25, 0.3) is 0 Å². The maximum Gasteiger partial charge on any atom is 0.306 e. The molecule has 0 aliphatic heterocycles. The zero-order chi connectivity index (χ0) is 27.7. The summed E-state index contributed by atoms with van der Waals surface area (Å²) in [6, 6.07) is 0. The number of carbonyl (C=O) groups is 1. The van der Waals surface area contributed by atoms with Gasteiger partial charge in [-0.05, 0) is 77.5 Å². The molecule has 168 valence electrons. The summed E-state index contributed by atoms with van der Waals surface area (Å²) in [7, 11) is 0. The molecule has 0 aromatic rings. The first-order valence-electron chi connectivity index (χ1n) is 13.7. The number of hydrogen-bond donors (Lipinski definition) is 2. The second kappa shape index (κ2) is 11.2. The fraction of sp³-hybridized carbons (Fsp3) is 0.731. The first-order chi connectivity index (χ1) is 16.3. The van der Waals surface area contributed by atoms with Gasteiger partial charge in [0.05, 0.1) is 12.2 Å². The summed E-state index contributed by atoms with van der Waals surface area (Å²) in [6.45, 7) is 8.23. The Hall–Kier alpha value is -1.57. The van der Waals surface area contributed by atoms with Gasteiger partial charge in [-0.25, -0.2) is 0 Å². The van der Waals surface area contributed by atoms with Gasteiger partial charge in [0.25, 0.3) is 0 Å². The molecule has 4 heteroatoms. The predicted molar refractivity (Wildman–Crippen MR) is 120 cm³/mol. The molecule has 2 aliphatic rings. The molecular formula is C26H40O4. The molecular weight excluding hydrogens is 376 g/mol. The average Bonchev–Trinajstić information content (AvgIpc) is 3.23. The van der Waals surface area contributed by atoms with Crippen LogP contribution in [0, 0.1) is 35.5 Å². The van der Waals surface area contributed by atoms with Gasteiger partial charge >= 0.3 is 5.97 Å². The number of carbonyl (C=O) groups excluding carboxylic acids is 1. The third-order valence-electron chi connectivity index (χ3n) is 5.74. The Labute approximate surface area is 191 Å². The largest absolute Gasteiger partial charge is 0.460 e. The molecule has 4 nitrogen and oxygen atoms in total. The van der Waals surface area contributed by atoms with E-state index in [1.165, 1.54) is 20.8 Å². The zero-order valence-electron chi connectivity index (χ0n) is 24.7. The number of esters is 1. The van der Waals surface area contributed by atoms with Crippen molar-refractivity contribution in [1.29, 1.82) is 0 Å². The molecule has 30 heavy (non-hydrogen) atoms. The number of allylic oxidation sites excluding steroid dienone is 2. The lowest BCUT2D eigenvalue weighted by molar-refractivity contribution is -0.154. The van der Waals surface area contributed by atoms with Gasteiger partial charge < -0.3 is 14.9 Å². The molecule has 2 saturated carbocycles. The van der Waals surface area contributed by atoms with Crippen LogP contribution in [0.3, 0.4) is 0 Å². The van der Waals surface area contributed by atoms with Crippen molar-refractivity contribution in [2.75, 3.05) is 0 Å². The number of hydrogen-bond acceptors (Lipinski definition) is 4. The highest BCUT2D eigenvalue weighted by Crippen LogP contribution is 2.50. The van der Waals surface area contributed by atoms with Gasteiger partial charge in [0.1, 0.15) is 5.60 Å². The van der Waals surface area contributed by atoms with Crippen LogP contribution in [-0.2, 0) is 9.53 Å². The first-order valence-corrected chi connectivity index (χ1v) is 10.7. The molecule has 2 rings (SSSR count). The highest BCUT2D eigenvalue weighted by Gasteiger charge is 2.44. The molecule has 0 saturated heterocycles. The van der Waals surface area contributed by atoms with Crippen LogP contribution >= 0.6 is 0 Å². The van der Waals surface area contributed by atoms with Crippen molar-refractivity contribution in [3.8, 4) is 11.8 Å². The molecule has 0 heterocycles. The number of ether oxygens (including phenoxy) is 1. The van der Waals surface area contributed by atoms with E-state index in [4.69, 9.17) is 13.0 Å². The fourth-order valence-corrected chi connectivity index (χ4v) is 4.24. The average molecular weight is 423 g/mol. The van der Waals surface area contributed by atoms with Crippen molar-refractivity contribution in [1.82, 2.24) is 0 Å². The topological polar surface area (TPSA) is 66.8 Å². The Balaban J connectivity index is 2.19. The number of rotatable bonds is 8. The Kier molecular flexibility index (Phi) is 6.34. The van der Waals surface area contributed by atoms with Gasteiger partial charge in [-0.3, -0.25) is 4.79 Å². The Bertz CT molecular complexity index is 925. The second-order valence-electron chi connectivity index (χ2n) is 9.40. The molecule has 0 bridgehead atoms. The van der Waals surface area contributed by atoms with E-state index in [0.29, 0.717) is 31.3 Å². The Morgan fingerprint density at radius 3 is 2.80 bits per heavy atom. The predicted octanol–water partition coefficient (Wildman–Crippen LogP) is 4.80. The third kappa shape index (κ3) is 7.60. The van der Waals surface area contributed by atoms with Crippen LogP contribution in [0.2, 0.25) is 0 Å². The van der Waals surface area contributed by atoms with E-state index in [2.05, 4.69) is 11.8 Å². The van der Waals surface area contributed by atoms with Crippen molar-refractivity contribution in [2.24, 2.45) is 23.7 Å². The summed E-state index contributed by atoms with van der Waals surface area (Å²) in [4.78, 5) is 12.4. The molecule has 6 atom stereocenters. The van der Waals surface area contributed by atoms with E-state index < -0.39 is 42.9 Å². The fourth-order valence-electron chi connectivity index (χ4n) is 4.24. The van der Waals surface area contributed by atoms with E-state index in [9.17, 15) is 15.0 Å². The molecule has 0 amide bonds. The van der Waals surface area contributed by atoms with Crippen molar-refractivity contribution in [2.45, 2.75) is 97.2 Å². The summed E-state index contributed by atoms with van der Waals surface area (Å²) < 4.78 is 54.4. The number of aliphatic hydroxyl groups is 2. The molecule has 1 unspecified atom stereocenters. The summed E-state index contributed by atoms with van der Waals surface area (Å²) in [5.41, 5.74) is -0.413. The minimum atomic E-state index is -3.22. The van der Waals surface area contributed by atoms with Crippen LogP contribution in [0.15, 0.2) is 23.8 Å². The van der Waals surface area contributed by atoms with E-state index in [0.717, 1.165) is 6.08 Å². The Morgan fingerprint density at radius 2 is 2.13 bits per heavy atom. The van der Waals surface area contributed by atoms with Crippen molar-refractivity contribution < 1.29 is 28.0 Å². The van der Waals surface area contributed by atoms with Crippen molar-refractivity contribution in [3.05, 3.63) is 23.8 Å². The molecule has 2 fully saturated rings. The van der Waals surface area contributed by atoms with E-state index in [-0.39, 0.29) is 23.7 Å². The van der Waals surface area contributed by atoms with Crippen LogP contribution in [0.4, 0.5) is 0 Å². The minimum absolute atomic E-state index is 0.00437. The van der Waals surface area contributed by atoms with Gasteiger partial charge in [-0.15, -0.1) is 11.8 Å². The maximum absolute atomic E-state index is 12.4. The van der Waals surface area contributed by atoms with Crippen LogP contribution in [-0.4, -0.2) is 34.0 Å². The van der Waals surface area contributed by atoms with Crippen LogP contribution in [0.5, 0.6) is 0 Å². The monoisotopic (exact) mass is 422 g/mol. The molecule has 0 spiro atoms. The van der Waals surface area contributed by atoms with Gasteiger partial charge in [-0.2, -0.15) is 0 Å². The molecule has 2 aliphatic carbocycles. The smallest absolute Gasteiger partial charge is 0.306 e. The van der Waals surface area contributed by atoms with E-state index in [1.807, 2.05) is 13.0 Å². The highest BCUT2D eigenvalue weighted by molar-refractivity contribution is 5.69. The van der Waals surface area contributed by atoms with Gasteiger partial charge in [0.2, 0.25) is 0 Å². The van der Waals surface area contributed by atoms with Crippen molar-refractivity contribution in [3.63, 3.8) is 0 Å². The molecule has 0 aromatic heterocycles. The highest BCUT2D eigenvalue weighted by atomic mass is 16.6. The molecule has 0 radical (unpaired) electrons. The maximum atomic E-state index is 12.4. The first kappa shape index (κ1) is 17.0. The summed E-state index contributed by atoms with van der Waals surface area (Å²) in [5, 5.41) is 21.0. The standard InChI is InChI=1S/C26H40O4/c1-6-7-10-18(2)23(27)14-13-21-22-16-19(15-20(22)17-24(21)28)11-8-9-12-25(29)30-26(3,4)5/h11,13-14,18,20-24,27-28H,8-10,12,15-17H2,1-5H3/b14-13+,19-11+/t18?,20-,21+,22-,23+,24+/m0/s1/i8D2,9D2,12D2. The quantitative estimate of drug-likeness (QED) is 0.335. The SMILES string of the molecule is [2H]C([2H])(/C=C1\C[C@H]2C[C@@H](O)[C@H](/C=C/[C@@H](O)C(C)CC#CC)[C@H]2C1)C([2H])([2H])C([2H])([2H])C(=O)OC(C)(C)C. The zero-order valence-corrected chi connectivity index (χ0v) is 18.7. The lowest BCUT2D eigenvalue weighted by atomic mass is 9.89. The third-order valence-corrected chi connectivity index (χ3v) is 5.74. The summed E-state index contributed by atoms with van der Waals surface area (Å²) in [5.74, 6) is 4.10. The lowest BCUT2D eigenvalue weighted by Gasteiger charge is -2.19. The number of fused-ring (bicyclic) bond motifs is 1. The van der Waals surface area contributed by atoms with Crippen LogP contribution in [0.1, 0.15) is 87.6 Å². The van der Waals surface area contributed by atoms with Crippen molar-refractivity contribution >= 4 is 5.97 Å². The van der Waals surface area contributed by atoms with Gasteiger partial charge in [0, 0.05) is 26.9 Å². The minimum Gasteiger partial charge on any atom is -0.460 e. The number of aliphatic hydroxyl groups excluding tert-OH is 2. The van der Waals surface area contributed by atoms with Gasteiger partial charge in [0.15, 0.2) is 0 Å². The normalized spacial score (nSPS) is 33.9. The van der Waals surface area contributed by atoms with E-state index in [1.54, 1.807) is 13.0 Å². The lowest BCUT2D eigenvalue weighted by Crippen LogP contribution is -2.23.